The second-order valence-corrected chi connectivity index (χ2v) is 4.79. The monoisotopic (exact) mass is 207 g/mol. The highest BCUT2D eigenvalue weighted by molar-refractivity contribution is 6.44. The first-order valence-electron chi connectivity index (χ1n) is 4.82. The Labute approximate surface area is 82.4 Å². The van der Waals surface area contributed by atoms with Crippen LogP contribution < -0.4 is 5.48 Å². The highest BCUT2D eigenvalue weighted by atomic mass is 28.3. The third-order valence-electron chi connectivity index (χ3n) is 1.27. The van der Waals surface area contributed by atoms with Gasteiger partial charge in [-0.25, -0.2) is 5.48 Å². The maximum atomic E-state index is 5.44. The molecule has 0 aliphatic carbocycles. The van der Waals surface area contributed by atoms with Crippen LogP contribution in [0.1, 0.15) is 27.7 Å². The fourth-order valence-corrected chi connectivity index (χ4v) is 2.13. The molecule has 0 aromatic rings. The summed E-state index contributed by atoms with van der Waals surface area (Å²) in [6, 6.07) is 0. The smallest absolute Gasteiger partial charge is 0.338 e. The summed E-state index contributed by atoms with van der Waals surface area (Å²) in [5.74, 6) is 0. The topological polar surface area (TPSA) is 39.7 Å². The highest BCUT2D eigenvalue weighted by Crippen LogP contribution is 1.89. The number of rotatable bonds is 8. The molecule has 13 heavy (non-hydrogen) atoms. The summed E-state index contributed by atoms with van der Waals surface area (Å²) in [6.07, 6.45) is 0.887. The zero-order chi connectivity index (χ0) is 10.1. The first-order chi connectivity index (χ1) is 6.20. The number of hydrogen-bond acceptors (Lipinski definition) is 4. The van der Waals surface area contributed by atoms with E-state index < -0.39 is 9.28 Å². The van der Waals surface area contributed by atoms with Crippen molar-refractivity contribution in [2.75, 3.05) is 19.4 Å². The molecule has 4 nitrogen and oxygen atoms in total. The maximum Gasteiger partial charge on any atom is 0.338 e. The van der Waals surface area contributed by atoms with Crippen molar-refractivity contribution in [3.63, 3.8) is 0 Å². The molecule has 0 saturated carbocycles. The largest absolute Gasteiger partial charge is 0.396 e. The lowest BCUT2D eigenvalue weighted by Gasteiger charge is -2.16. The van der Waals surface area contributed by atoms with Gasteiger partial charge in [0.15, 0.2) is 0 Å². The molecule has 0 aromatic heterocycles. The van der Waals surface area contributed by atoms with Crippen molar-refractivity contribution in [2.24, 2.45) is 0 Å². The van der Waals surface area contributed by atoms with E-state index >= 15 is 0 Å². The van der Waals surface area contributed by atoms with Crippen LogP contribution in [-0.2, 0) is 13.7 Å². The standard InChI is InChI=1S/C8H21NO3Si/c1-5-10-13(11-6-2)7-9-12-8(3)4/h8-9,13H,5-7H2,1-4H3. The molecular weight excluding hydrogens is 186 g/mol. The molecule has 0 spiro atoms. The van der Waals surface area contributed by atoms with Crippen LogP contribution in [0.5, 0.6) is 0 Å². The Morgan fingerprint density at radius 1 is 1.15 bits per heavy atom. The van der Waals surface area contributed by atoms with E-state index in [1.807, 2.05) is 27.7 Å². The SMILES string of the molecule is CCO[SiH](CNOC(C)C)OCC. The number of hydrogen-bond donors (Lipinski definition) is 1. The molecule has 0 heterocycles. The van der Waals surface area contributed by atoms with Crippen LogP contribution in [0.3, 0.4) is 0 Å². The molecule has 0 aromatic carbocycles. The highest BCUT2D eigenvalue weighted by Gasteiger charge is 2.11. The third kappa shape index (κ3) is 8.39. The summed E-state index contributed by atoms with van der Waals surface area (Å²) in [6.45, 7) is 9.32. The first kappa shape index (κ1) is 13.1. The number of hydroxylamine groups is 1. The Morgan fingerprint density at radius 3 is 2.08 bits per heavy atom. The summed E-state index contributed by atoms with van der Waals surface area (Å²) in [4.78, 5) is 5.19. The van der Waals surface area contributed by atoms with Gasteiger partial charge in [-0.1, -0.05) is 0 Å². The van der Waals surface area contributed by atoms with Crippen LogP contribution in [0.25, 0.3) is 0 Å². The summed E-state index contributed by atoms with van der Waals surface area (Å²) in [7, 11) is -1.53. The molecule has 80 valence electrons. The fraction of sp³-hybridized carbons (Fsp3) is 1.00. The van der Waals surface area contributed by atoms with E-state index in [2.05, 4.69) is 5.48 Å². The second kappa shape index (κ2) is 8.65. The average Bonchev–Trinajstić information content (AvgIpc) is 2.04. The van der Waals surface area contributed by atoms with Gasteiger partial charge in [0.25, 0.3) is 0 Å². The van der Waals surface area contributed by atoms with E-state index in [0.717, 1.165) is 0 Å². The lowest BCUT2D eigenvalue weighted by molar-refractivity contribution is -0.000624. The lowest BCUT2D eigenvalue weighted by atomic mass is 10.5. The van der Waals surface area contributed by atoms with E-state index in [-0.39, 0.29) is 6.10 Å². The van der Waals surface area contributed by atoms with E-state index in [0.29, 0.717) is 19.4 Å². The van der Waals surface area contributed by atoms with Crippen molar-refractivity contribution in [1.82, 2.24) is 5.48 Å². The van der Waals surface area contributed by atoms with E-state index in [1.54, 1.807) is 0 Å². The molecule has 1 N–H and O–H groups in total. The predicted molar refractivity (Wildman–Crippen MR) is 54.6 cm³/mol. The van der Waals surface area contributed by atoms with Gasteiger partial charge in [-0.3, -0.25) is 4.84 Å². The maximum absolute atomic E-state index is 5.44. The van der Waals surface area contributed by atoms with Crippen molar-refractivity contribution in [3.05, 3.63) is 0 Å². The van der Waals surface area contributed by atoms with Crippen LogP contribution >= 0.6 is 0 Å². The van der Waals surface area contributed by atoms with Gasteiger partial charge in [0, 0.05) is 13.2 Å². The van der Waals surface area contributed by atoms with Gasteiger partial charge in [0.1, 0.15) is 0 Å². The van der Waals surface area contributed by atoms with Crippen LogP contribution in [0.4, 0.5) is 0 Å². The molecule has 0 radical (unpaired) electrons. The van der Waals surface area contributed by atoms with Gasteiger partial charge in [0.05, 0.1) is 12.3 Å². The minimum Gasteiger partial charge on any atom is -0.396 e. The normalized spacial score (nSPS) is 11.5. The molecule has 0 aliphatic rings. The summed E-state index contributed by atoms with van der Waals surface area (Å²) >= 11 is 0. The van der Waals surface area contributed by atoms with Crippen molar-refractivity contribution < 1.29 is 13.7 Å². The Hall–Kier alpha value is 0.0569. The Kier molecular flexibility index (Phi) is 8.68. The lowest BCUT2D eigenvalue weighted by Crippen LogP contribution is -2.37. The average molecular weight is 207 g/mol. The minimum atomic E-state index is -1.53. The van der Waals surface area contributed by atoms with E-state index in [1.165, 1.54) is 0 Å². The Balaban J connectivity index is 3.44. The van der Waals surface area contributed by atoms with E-state index in [9.17, 15) is 0 Å². The van der Waals surface area contributed by atoms with Crippen molar-refractivity contribution in [3.8, 4) is 0 Å². The molecule has 0 fully saturated rings. The third-order valence-corrected chi connectivity index (χ3v) is 3.18. The minimum absolute atomic E-state index is 0.193. The zero-order valence-corrected chi connectivity index (χ0v) is 10.2. The molecule has 5 heteroatoms. The second-order valence-electron chi connectivity index (χ2n) is 2.86. The van der Waals surface area contributed by atoms with Gasteiger partial charge in [-0.15, -0.1) is 0 Å². The fourth-order valence-electron chi connectivity index (χ4n) is 0.821. The molecular formula is C8H21NO3Si. The van der Waals surface area contributed by atoms with Gasteiger partial charge >= 0.3 is 9.28 Å². The van der Waals surface area contributed by atoms with Crippen molar-refractivity contribution in [1.29, 1.82) is 0 Å². The summed E-state index contributed by atoms with van der Waals surface area (Å²) in [5, 5.41) is 0. The van der Waals surface area contributed by atoms with Gasteiger partial charge in [0.2, 0.25) is 0 Å². The molecule has 0 rings (SSSR count). The summed E-state index contributed by atoms with van der Waals surface area (Å²) in [5.41, 5.74) is 2.87. The zero-order valence-electron chi connectivity index (χ0n) is 9.00. The molecule has 0 unspecified atom stereocenters. The molecule has 0 bridgehead atoms. The van der Waals surface area contributed by atoms with Gasteiger partial charge in [-0.05, 0) is 27.7 Å². The number of nitrogens with one attached hydrogen (secondary N) is 1. The Bertz CT molecular complexity index is 108. The van der Waals surface area contributed by atoms with Crippen LogP contribution in [0.2, 0.25) is 0 Å². The molecule has 0 aliphatic heterocycles. The van der Waals surface area contributed by atoms with Crippen LogP contribution in [-0.4, -0.2) is 34.8 Å². The van der Waals surface area contributed by atoms with Gasteiger partial charge in [-0.2, -0.15) is 0 Å². The Morgan fingerprint density at radius 2 is 1.69 bits per heavy atom. The van der Waals surface area contributed by atoms with Gasteiger partial charge < -0.3 is 8.85 Å². The predicted octanol–water partition coefficient (Wildman–Crippen LogP) is 0.749. The summed E-state index contributed by atoms with van der Waals surface area (Å²) < 4.78 is 10.9. The van der Waals surface area contributed by atoms with Crippen molar-refractivity contribution >= 4 is 9.28 Å². The molecule has 0 saturated heterocycles. The van der Waals surface area contributed by atoms with Crippen LogP contribution in [0.15, 0.2) is 0 Å². The van der Waals surface area contributed by atoms with Crippen LogP contribution in [0, 0.1) is 0 Å². The molecule has 0 amide bonds. The quantitative estimate of drug-likeness (QED) is 0.471. The van der Waals surface area contributed by atoms with Crippen molar-refractivity contribution in [2.45, 2.75) is 33.8 Å². The first-order valence-corrected chi connectivity index (χ1v) is 6.58. The van der Waals surface area contributed by atoms with E-state index in [4.69, 9.17) is 13.7 Å². The molecule has 0 atom stereocenters.